The van der Waals surface area contributed by atoms with Gasteiger partial charge in [0.15, 0.2) is 10.9 Å². The van der Waals surface area contributed by atoms with Gasteiger partial charge in [0.2, 0.25) is 0 Å². The van der Waals surface area contributed by atoms with Gasteiger partial charge in [-0.25, -0.2) is 4.98 Å². The lowest BCUT2D eigenvalue weighted by Crippen LogP contribution is -2.35. The number of piperidine rings is 1. The number of Topliss-reactive ketones (excluding diaryl/α,β-unsaturated/α-hetero) is 1. The number of aryl methyl sites for hydroxylation is 1. The predicted octanol–water partition coefficient (Wildman–Crippen LogP) is 1.87. The molecule has 1 saturated heterocycles. The smallest absolute Gasteiger partial charge is 0.185 e. The molecule has 1 aromatic rings. The summed E-state index contributed by atoms with van der Waals surface area (Å²) in [6.45, 7) is 3.62. The van der Waals surface area contributed by atoms with Gasteiger partial charge in [0, 0.05) is 18.3 Å². The van der Waals surface area contributed by atoms with Crippen LogP contribution in [-0.4, -0.2) is 23.9 Å². The lowest BCUT2D eigenvalue weighted by atomic mass is 10.1. The Morgan fingerprint density at radius 2 is 2.50 bits per heavy atom. The summed E-state index contributed by atoms with van der Waals surface area (Å²) in [6, 6.07) is 0. The number of aromatic nitrogens is 1. The fraction of sp³-hybridized carbons (Fsp3) is 0.600. The second-order valence-electron chi connectivity index (χ2n) is 3.54. The van der Waals surface area contributed by atoms with Crippen LogP contribution >= 0.6 is 11.3 Å². The molecule has 1 aromatic heterocycles. The van der Waals surface area contributed by atoms with Gasteiger partial charge < -0.3 is 4.90 Å². The first kappa shape index (κ1) is 9.65. The molecule has 1 aliphatic heterocycles. The Bertz CT molecular complexity index is 335. The predicted molar refractivity (Wildman–Crippen MR) is 57.9 cm³/mol. The Morgan fingerprint density at radius 1 is 1.64 bits per heavy atom. The lowest BCUT2D eigenvalue weighted by Gasteiger charge is -2.24. The zero-order valence-electron chi connectivity index (χ0n) is 8.32. The maximum absolute atomic E-state index is 11.3. The second-order valence-corrected chi connectivity index (χ2v) is 4.38. The van der Waals surface area contributed by atoms with Crippen LogP contribution in [0.15, 0.2) is 5.38 Å². The molecule has 4 heteroatoms. The maximum Gasteiger partial charge on any atom is 0.185 e. The summed E-state index contributed by atoms with van der Waals surface area (Å²) in [7, 11) is 0. The number of thiazole rings is 1. The van der Waals surface area contributed by atoms with Gasteiger partial charge in [-0.05, 0) is 12.8 Å². The Hall–Kier alpha value is -0.900. The van der Waals surface area contributed by atoms with E-state index in [0.717, 1.165) is 36.6 Å². The van der Waals surface area contributed by atoms with Crippen LogP contribution in [0.1, 0.15) is 25.5 Å². The molecule has 0 spiro atoms. The van der Waals surface area contributed by atoms with Crippen molar-refractivity contribution in [2.45, 2.75) is 26.2 Å². The number of carbonyl (C=O) groups is 1. The van der Waals surface area contributed by atoms with Gasteiger partial charge in [-0.1, -0.05) is 6.92 Å². The van der Waals surface area contributed by atoms with Crippen LogP contribution in [-0.2, 0) is 11.2 Å². The summed E-state index contributed by atoms with van der Waals surface area (Å²) in [5, 5.41) is 3.09. The maximum atomic E-state index is 11.3. The highest BCUT2D eigenvalue weighted by molar-refractivity contribution is 7.13. The fourth-order valence-electron chi connectivity index (χ4n) is 1.61. The van der Waals surface area contributed by atoms with E-state index in [1.165, 1.54) is 0 Å². The van der Waals surface area contributed by atoms with E-state index >= 15 is 0 Å². The molecule has 14 heavy (non-hydrogen) atoms. The highest BCUT2D eigenvalue weighted by atomic mass is 32.1. The van der Waals surface area contributed by atoms with Gasteiger partial charge in [0.05, 0.1) is 12.2 Å². The van der Waals surface area contributed by atoms with Crippen molar-refractivity contribution in [1.82, 2.24) is 4.98 Å². The largest absolute Gasteiger partial charge is 0.341 e. The number of ketones is 1. The summed E-state index contributed by atoms with van der Waals surface area (Å²) in [5.41, 5.74) is 1.13. The SMILES string of the molecule is CCc1csc(N2CCCC(=O)C2)n1. The monoisotopic (exact) mass is 210 g/mol. The highest BCUT2D eigenvalue weighted by Gasteiger charge is 2.19. The van der Waals surface area contributed by atoms with Crippen molar-refractivity contribution >= 4 is 22.3 Å². The molecule has 3 nitrogen and oxygen atoms in total. The van der Waals surface area contributed by atoms with Crippen LogP contribution in [0.5, 0.6) is 0 Å². The summed E-state index contributed by atoms with van der Waals surface area (Å²) in [6.07, 6.45) is 2.68. The van der Waals surface area contributed by atoms with E-state index in [4.69, 9.17) is 0 Å². The molecule has 0 aromatic carbocycles. The molecule has 2 rings (SSSR count). The number of rotatable bonds is 2. The van der Waals surface area contributed by atoms with Crippen LogP contribution in [0.25, 0.3) is 0 Å². The minimum atomic E-state index is 0.337. The van der Waals surface area contributed by atoms with Gasteiger partial charge in [-0.15, -0.1) is 11.3 Å². The lowest BCUT2D eigenvalue weighted by molar-refractivity contribution is -0.118. The van der Waals surface area contributed by atoms with E-state index in [9.17, 15) is 4.79 Å². The van der Waals surface area contributed by atoms with Crippen molar-refractivity contribution in [2.24, 2.45) is 0 Å². The normalized spacial score (nSPS) is 17.5. The molecule has 1 fully saturated rings. The molecule has 0 aliphatic carbocycles. The molecule has 0 radical (unpaired) electrons. The third-order valence-corrected chi connectivity index (χ3v) is 3.37. The summed E-state index contributed by atoms with van der Waals surface area (Å²) >= 11 is 1.65. The van der Waals surface area contributed by atoms with Crippen LogP contribution < -0.4 is 4.90 Å². The summed E-state index contributed by atoms with van der Waals surface area (Å²) in [4.78, 5) is 17.8. The fourth-order valence-corrected chi connectivity index (χ4v) is 2.54. The van der Waals surface area contributed by atoms with E-state index in [2.05, 4.69) is 22.2 Å². The Morgan fingerprint density at radius 3 is 3.14 bits per heavy atom. The quantitative estimate of drug-likeness (QED) is 0.747. The molecule has 2 heterocycles. The van der Waals surface area contributed by atoms with Crippen LogP contribution in [0, 0.1) is 0 Å². The second kappa shape index (κ2) is 4.09. The molecule has 0 saturated carbocycles. The topological polar surface area (TPSA) is 33.2 Å². The van der Waals surface area contributed by atoms with Gasteiger partial charge >= 0.3 is 0 Å². The zero-order valence-corrected chi connectivity index (χ0v) is 9.14. The Balaban J connectivity index is 2.09. The van der Waals surface area contributed by atoms with Crippen LogP contribution in [0.4, 0.5) is 5.13 Å². The highest BCUT2D eigenvalue weighted by Crippen LogP contribution is 2.23. The van der Waals surface area contributed by atoms with E-state index in [1.54, 1.807) is 11.3 Å². The average Bonchev–Trinajstić information content (AvgIpc) is 2.66. The minimum Gasteiger partial charge on any atom is -0.341 e. The molecule has 0 amide bonds. The first-order chi connectivity index (χ1) is 6.79. The zero-order chi connectivity index (χ0) is 9.97. The number of hydrogen-bond donors (Lipinski definition) is 0. The average molecular weight is 210 g/mol. The number of anilines is 1. The Kier molecular flexibility index (Phi) is 2.82. The van der Waals surface area contributed by atoms with Gasteiger partial charge in [0.1, 0.15) is 0 Å². The molecular formula is C10H14N2OS. The van der Waals surface area contributed by atoms with Crippen molar-refractivity contribution in [3.05, 3.63) is 11.1 Å². The third-order valence-electron chi connectivity index (χ3n) is 2.42. The molecule has 1 aliphatic rings. The summed E-state index contributed by atoms with van der Waals surface area (Å²) < 4.78 is 0. The number of nitrogens with zero attached hydrogens (tertiary/aromatic N) is 2. The van der Waals surface area contributed by atoms with Crippen molar-refractivity contribution in [1.29, 1.82) is 0 Å². The Labute approximate surface area is 87.8 Å². The van der Waals surface area contributed by atoms with Gasteiger partial charge in [-0.2, -0.15) is 0 Å². The molecule has 0 bridgehead atoms. The standard InChI is InChI=1S/C10H14N2OS/c1-2-8-7-14-10(11-8)12-5-3-4-9(13)6-12/h7H,2-6H2,1H3. The number of carbonyl (C=O) groups excluding carboxylic acids is 1. The first-order valence-corrected chi connectivity index (χ1v) is 5.88. The van der Waals surface area contributed by atoms with E-state index in [-0.39, 0.29) is 0 Å². The van der Waals surface area contributed by atoms with Crippen molar-refractivity contribution in [3.8, 4) is 0 Å². The van der Waals surface area contributed by atoms with Crippen LogP contribution in [0.3, 0.4) is 0 Å². The molecule has 76 valence electrons. The minimum absolute atomic E-state index is 0.337. The van der Waals surface area contributed by atoms with Crippen molar-refractivity contribution in [3.63, 3.8) is 0 Å². The molecule has 0 N–H and O–H groups in total. The molecule has 0 atom stereocenters. The van der Waals surface area contributed by atoms with Gasteiger partial charge in [0.25, 0.3) is 0 Å². The van der Waals surface area contributed by atoms with E-state index in [1.807, 2.05) is 0 Å². The van der Waals surface area contributed by atoms with Gasteiger partial charge in [-0.3, -0.25) is 4.79 Å². The van der Waals surface area contributed by atoms with E-state index < -0.39 is 0 Å². The van der Waals surface area contributed by atoms with Crippen LogP contribution in [0.2, 0.25) is 0 Å². The summed E-state index contributed by atoms with van der Waals surface area (Å²) in [5.74, 6) is 0.337. The first-order valence-electron chi connectivity index (χ1n) is 5.00. The van der Waals surface area contributed by atoms with Crippen molar-refractivity contribution in [2.75, 3.05) is 18.0 Å². The number of hydrogen-bond acceptors (Lipinski definition) is 4. The van der Waals surface area contributed by atoms with Crippen molar-refractivity contribution < 1.29 is 4.79 Å². The molecular weight excluding hydrogens is 196 g/mol. The molecule has 0 unspecified atom stereocenters. The third kappa shape index (κ3) is 1.95. The van der Waals surface area contributed by atoms with E-state index in [0.29, 0.717) is 12.3 Å².